The lowest BCUT2D eigenvalue weighted by Crippen LogP contribution is -2.31. The van der Waals surface area contributed by atoms with Crippen molar-refractivity contribution < 1.29 is 17.9 Å². The van der Waals surface area contributed by atoms with E-state index in [-0.39, 0.29) is 18.0 Å². The molecule has 2 aromatic carbocycles. The van der Waals surface area contributed by atoms with Crippen LogP contribution in [0.1, 0.15) is 16.1 Å². The Hall–Kier alpha value is -2.57. The van der Waals surface area contributed by atoms with E-state index in [9.17, 15) is 8.42 Å². The highest BCUT2D eigenvalue weighted by atomic mass is 35.5. The topological polar surface area (TPSA) is 68.7 Å². The van der Waals surface area contributed by atoms with Crippen LogP contribution in [-0.4, -0.2) is 38.0 Å². The third-order valence-electron chi connectivity index (χ3n) is 4.74. The molecule has 0 aliphatic carbocycles. The summed E-state index contributed by atoms with van der Waals surface area (Å²) in [7, 11) is -2.25. The first-order valence-electron chi connectivity index (χ1n) is 9.73. The van der Waals surface area contributed by atoms with Crippen molar-refractivity contribution in [3.8, 4) is 23.8 Å². The summed E-state index contributed by atoms with van der Waals surface area (Å²) in [5, 5.41) is 0.457. The van der Waals surface area contributed by atoms with Gasteiger partial charge in [-0.1, -0.05) is 23.6 Å². The molecule has 6 nitrogen and oxygen atoms in total. The molecule has 0 N–H and O–H groups in total. The van der Waals surface area contributed by atoms with E-state index in [2.05, 4.69) is 10.9 Å². The highest BCUT2D eigenvalue weighted by Crippen LogP contribution is 2.30. The standard InChI is InChI=1S/C23H23ClN2O4S2/c1-4-12-26(32(27,28)20-8-6-19(24)7-9-20)15-18-5-10-21(22(14-18)29-3)30-13-11-23-17(2)25-16-31-23/h1,5-10,14,16H,11-13,15H2,2-3H3. The van der Waals surface area contributed by atoms with E-state index < -0.39 is 10.0 Å². The second-order valence-corrected chi connectivity index (χ2v) is 10.2. The number of benzene rings is 2. The number of terminal acetylenes is 1. The minimum absolute atomic E-state index is 0.0697. The maximum Gasteiger partial charge on any atom is 0.244 e. The Kier molecular flexibility index (Phi) is 8.15. The molecule has 0 spiro atoms. The molecular formula is C23H23ClN2O4S2. The normalized spacial score (nSPS) is 11.3. The predicted molar refractivity (Wildman–Crippen MR) is 127 cm³/mol. The number of halogens is 1. The lowest BCUT2D eigenvalue weighted by molar-refractivity contribution is 0.297. The lowest BCUT2D eigenvalue weighted by Gasteiger charge is -2.21. The predicted octanol–water partition coefficient (Wildman–Crippen LogP) is 4.56. The Labute approximate surface area is 197 Å². The zero-order chi connectivity index (χ0) is 23.1. The number of rotatable bonds is 10. The molecule has 3 aromatic rings. The van der Waals surface area contributed by atoms with Gasteiger partial charge in [-0.15, -0.1) is 17.8 Å². The first kappa shape index (κ1) is 24.1. The molecule has 0 radical (unpaired) electrons. The van der Waals surface area contributed by atoms with Crippen molar-refractivity contribution in [2.75, 3.05) is 20.3 Å². The Morgan fingerprint density at radius 3 is 2.56 bits per heavy atom. The summed E-state index contributed by atoms with van der Waals surface area (Å²) in [5.74, 6) is 3.53. The molecule has 0 saturated carbocycles. The van der Waals surface area contributed by atoms with Crippen LogP contribution in [0.4, 0.5) is 0 Å². The van der Waals surface area contributed by atoms with Crippen molar-refractivity contribution in [1.29, 1.82) is 0 Å². The van der Waals surface area contributed by atoms with Gasteiger partial charge in [-0.05, 0) is 48.9 Å². The molecule has 0 saturated heterocycles. The number of hydrogen-bond donors (Lipinski definition) is 0. The molecule has 168 valence electrons. The van der Waals surface area contributed by atoms with Crippen molar-refractivity contribution >= 4 is 33.0 Å². The van der Waals surface area contributed by atoms with Crippen molar-refractivity contribution in [3.05, 3.63) is 69.1 Å². The van der Waals surface area contributed by atoms with Gasteiger partial charge in [-0.2, -0.15) is 4.31 Å². The third-order valence-corrected chi connectivity index (χ3v) is 7.79. The maximum atomic E-state index is 13.1. The van der Waals surface area contributed by atoms with Crippen LogP contribution in [0, 0.1) is 19.3 Å². The summed E-state index contributed by atoms with van der Waals surface area (Å²) >= 11 is 7.49. The van der Waals surface area contributed by atoms with Crippen molar-refractivity contribution in [2.24, 2.45) is 0 Å². The Bertz CT molecular complexity index is 1200. The van der Waals surface area contributed by atoms with E-state index in [0.717, 1.165) is 17.7 Å². The van der Waals surface area contributed by atoms with E-state index in [1.165, 1.54) is 33.4 Å². The largest absolute Gasteiger partial charge is 0.493 e. The fourth-order valence-electron chi connectivity index (χ4n) is 3.04. The molecule has 0 bridgehead atoms. The average Bonchev–Trinajstić information content (AvgIpc) is 3.19. The molecular weight excluding hydrogens is 468 g/mol. The Morgan fingerprint density at radius 1 is 1.19 bits per heavy atom. The molecule has 0 atom stereocenters. The number of aryl methyl sites for hydroxylation is 1. The number of aromatic nitrogens is 1. The van der Waals surface area contributed by atoms with E-state index in [0.29, 0.717) is 23.1 Å². The SMILES string of the molecule is C#CCN(Cc1ccc(OCCc2scnc2C)c(OC)c1)S(=O)(=O)c1ccc(Cl)cc1. The van der Waals surface area contributed by atoms with Gasteiger partial charge in [-0.25, -0.2) is 13.4 Å². The summed E-state index contributed by atoms with van der Waals surface area (Å²) in [6.07, 6.45) is 6.19. The highest BCUT2D eigenvalue weighted by Gasteiger charge is 2.24. The first-order chi connectivity index (χ1) is 15.3. The molecule has 0 unspecified atom stereocenters. The van der Waals surface area contributed by atoms with Crippen molar-refractivity contribution in [3.63, 3.8) is 0 Å². The van der Waals surface area contributed by atoms with E-state index in [1.54, 1.807) is 36.6 Å². The monoisotopic (exact) mass is 490 g/mol. The number of hydrogen-bond acceptors (Lipinski definition) is 6. The molecule has 1 aromatic heterocycles. The number of ether oxygens (including phenoxy) is 2. The van der Waals surface area contributed by atoms with Crippen LogP contribution in [0.2, 0.25) is 5.02 Å². The van der Waals surface area contributed by atoms with Crippen molar-refractivity contribution in [2.45, 2.75) is 24.8 Å². The summed E-state index contributed by atoms with van der Waals surface area (Å²) in [6, 6.07) is 11.3. The third kappa shape index (κ3) is 5.81. The van der Waals surface area contributed by atoms with Gasteiger partial charge in [0.15, 0.2) is 11.5 Å². The Morgan fingerprint density at radius 2 is 1.94 bits per heavy atom. The fraction of sp³-hybridized carbons (Fsp3) is 0.261. The van der Waals surface area contributed by atoms with E-state index in [4.69, 9.17) is 27.5 Å². The molecule has 9 heteroatoms. The van der Waals surface area contributed by atoms with Gasteiger partial charge in [0.2, 0.25) is 10.0 Å². The summed E-state index contributed by atoms with van der Waals surface area (Å²) in [5.41, 5.74) is 3.55. The van der Waals surface area contributed by atoms with Crippen LogP contribution in [0.15, 0.2) is 52.9 Å². The van der Waals surface area contributed by atoms with Crippen LogP contribution < -0.4 is 9.47 Å². The van der Waals surface area contributed by atoms with Crippen LogP contribution >= 0.6 is 22.9 Å². The van der Waals surface area contributed by atoms with Gasteiger partial charge in [-0.3, -0.25) is 0 Å². The lowest BCUT2D eigenvalue weighted by atomic mass is 10.2. The molecule has 0 fully saturated rings. The van der Waals surface area contributed by atoms with Gasteiger partial charge in [0.25, 0.3) is 0 Å². The smallest absolute Gasteiger partial charge is 0.244 e. The average molecular weight is 491 g/mol. The van der Waals surface area contributed by atoms with Crippen molar-refractivity contribution in [1.82, 2.24) is 9.29 Å². The zero-order valence-corrected chi connectivity index (χ0v) is 20.1. The molecule has 3 rings (SSSR count). The number of nitrogens with zero attached hydrogens (tertiary/aromatic N) is 2. The molecule has 32 heavy (non-hydrogen) atoms. The van der Waals surface area contributed by atoms with E-state index >= 15 is 0 Å². The fourth-order valence-corrected chi connectivity index (χ4v) is 5.27. The maximum absolute atomic E-state index is 13.1. The molecule has 0 aliphatic rings. The van der Waals surface area contributed by atoms with Crippen LogP contribution in [0.5, 0.6) is 11.5 Å². The number of methoxy groups -OCH3 is 1. The van der Waals surface area contributed by atoms with Gasteiger partial charge in [0.1, 0.15) is 0 Å². The van der Waals surface area contributed by atoms with Crippen LogP contribution in [-0.2, 0) is 23.0 Å². The van der Waals surface area contributed by atoms with Gasteiger partial charge < -0.3 is 9.47 Å². The summed E-state index contributed by atoms with van der Waals surface area (Å²) in [6.45, 7) is 2.47. The summed E-state index contributed by atoms with van der Waals surface area (Å²) in [4.78, 5) is 5.55. The van der Waals surface area contributed by atoms with Gasteiger partial charge in [0.05, 0.1) is 36.4 Å². The quantitative estimate of drug-likeness (QED) is 0.390. The van der Waals surface area contributed by atoms with Gasteiger partial charge >= 0.3 is 0 Å². The summed E-state index contributed by atoms with van der Waals surface area (Å²) < 4.78 is 38.7. The second kappa shape index (κ2) is 10.8. The van der Waals surface area contributed by atoms with Crippen LogP contribution in [0.3, 0.4) is 0 Å². The molecule has 0 aliphatic heterocycles. The van der Waals surface area contributed by atoms with Gasteiger partial charge in [0, 0.05) is 22.9 Å². The highest BCUT2D eigenvalue weighted by molar-refractivity contribution is 7.89. The molecule has 0 amide bonds. The molecule has 1 heterocycles. The first-order valence-corrected chi connectivity index (χ1v) is 12.4. The van der Waals surface area contributed by atoms with Crippen LogP contribution in [0.25, 0.3) is 0 Å². The van der Waals surface area contributed by atoms with E-state index in [1.807, 2.05) is 12.4 Å². The zero-order valence-electron chi connectivity index (χ0n) is 17.7. The Balaban J connectivity index is 1.75. The number of sulfonamides is 1. The number of thiazole rings is 1. The minimum atomic E-state index is -3.80. The minimum Gasteiger partial charge on any atom is -0.493 e. The second-order valence-electron chi connectivity index (χ2n) is 6.88.